The monoisotopic (exact) mass is 152 g/mol. The van der Waals surface area contributed by atoms with Crippen LogP contribution in [0.1, 0.15) is 19.9 Å². The average Bonchev–Trinajstić information content (AvgIpc) is 1.85. The Labute approximate surface area is 65.5 Å². The number of aromatic nitrogens is 1. The molecule has 0 amide bonds. The van der Waals surface area contributed by atoms with E-state index in [1.807, 2.05) is 13.8 Å². The van der Waals surface area contributed by atoms with Crippen LogP contribution in [0.15, 0.2) is 23.1 Å². The minimum absolute atomic E-state index is 0.0417. The predicted octanol–water partition coefficient (Wildman–Crippen LogP) is 1.01. The van der Waals surface area contributed by atoms with E-state index in [0.717, 1.165) is 0 Å². The number of anilines is 1. The van der Waals surface area contributed by atoms with Crippen LogP contribution >= 0.6 is 0 Å². The lowest BCUT2D eigenvalue weighted by molar-refractivity contribution is 0.579. The average molecular weight is 152 g/mol. The first kappa shape index (κ1) is 7.85. The highest BCUT2D eigenvalue weighted by Gasteiger charge is 1.98. The summed E-state index contributed by atoms with van der Waals surface area (Å²) in [5.74, 6) is 0. The van der Waals surface area contributed by atoms with E-state index >= 15 is 0 Å². The second kappa shape index (κ2) is 2.78. The Morgan fingerprint density at radius 1 is 1.55 bits per heavy atom. The normalized spacial score (nSPS) is 10.5. The van der Waals surface area contributed by atoms with Crippen LogP contribution in [0, 0.1) is 0 Å². The Morgan fingerprint density at radius 3 is 2.64 bits per heavy atom. The fourth-order valence-electron chi connectivity index (χ4n) is 0.932. The van der Waals surface area contributed by atoms with Gasteiger partial charge in [0.15, 0.2) is 0 Å². The summed E-state index contributed by atoms with van der Waals surface area (Å²) in [6.07, 6.45) is 1.71. The summed E-state index contributed by atoms with van der Waals surface area (Å²) >= 11 is 0. The molecule has 0 aliphatic carbocycles. The first-order valence-electron chi connectivity index (χ1n) is 3.59. The Bertz CT molecular complexity index is 301. The quantitative estimate of drug-likeness (QED) is 0.652. The lowest BCUT2D eigenvalue weighted by Gasteiger charge is -2.08. The molecule has 0 bridgehead atoms. The molecule has 0 saturated carbocycles. The van der Waals surface area contributed by atoms with Gasteiger partial charge in [0.05, 0.1) is 0 Å². The van der Waals surface area contributed by atoms with Gasteiger partial charge in [0.2, 0.25) is 0 Å². The van der Waals surface area contributed by atoms with E-state index in [2.05, 4.69) is 0 Å². The SMILES string of the molecule is CC(C)n1ccc(N)cc1=O. The molecule has 3 heteroatoms. The molecule has 11 heavy (non-hydrogen) atoms. The summed E-state index contributed by atoms with van der Waals surface area (Å²) in [5.41, 5.74) is 5.89. The van der Waals surface area contributed by atoms with Gasteiger partial charge in [-0.05, 0) is 19.9 Å². The maximum Gasteiger partial charge on any atom is 0.252 e. The molecule has 0 saturated heterocycles. The third-order valence-electron chi connectivity index (χ3n) is 1.53. The first-order chi connectivity index (χ1) is 5.11. The van der Waals surface area contributed by atoms with Crippen molar-refractivity contribution in [2.45, 2.75) is 19.9 Å². The van der Waals surface area contributed by atoms with Crippen LogP contribution < -0.4 is 11.3 Å². The van der Waals surface area contributed by atoms with Gasteiger partial charge in [0, 0.05) is 24.0 Å². The molecule has 2 N–H and O–H groups in total. The standard InChI is InChI=1S/C8H12N2O/c1-6(2)10-4-3-7(9)5-8(10)11/h3-6H,9H2,1-2H3. The van der Waals surface area contributed by atoms with Crippen molar-refractivity contribution in [3.05, 3.63) is 28.7 Å². The van der Waals surface area contributed by atoms with Crippen LogP contribution in [0.2, 0.25) is 0 Å². The number of nitrogen functional groups attached to an aromatic ring is 1. The molecule has 60 valence electrons. The summed E-state index contributed by atoms with van der Waals surface area (Å²) in [6.45, 7) is 3.91. The summed E-state index contributed by atoms with van der Waals surface area (Å²) in [4.78, 5) is 11.2. The zero-order chi connectivity index (χ0) is 8.43. The molecule has 1 aromatic heterocycles. The third kappa shape index (κ3) is 1.61. The molecule has 0 spiro atoms. The summed E-state index contributed by atoms with van der Waals surface area (Å²) < 4.78 is 1.64. The number of nitrogens with two attached hydrogens (primary N) is 1. The lowest BCUT2D eigenvalue weighted by Crippen LogP contribution is -2.20. The molecule has 0 fully saturated rings. The van der Waals surface area contributed by atoms with Gasteiger partial charge in [-0.2, -0.15) is 0 Å². The van der Waals surface area contributed by atoms with Crippen molar-refractivity contribution in [2.24, 2.45) is 0 Å². The van der Waals surface area contributed by atoms with Crippen molar-refractivity contribution in [1.29, 1.82) is 0 Å². The Hall–Kier alpha value is -1.25. The van der Waals surface area contributed by atoms with E-state index in [1.54, 1.807) is 16.8 Å². The van der Waals surface area contributed by atoms with Crippen LogP contribution in [0.5, 0.6) is 0 Å². The fourth-order valence-corrected chi connectivity index (χ4v) is 0.932. The van der Waals surface area contributed by atoms with Gasteiger partial charge >= 0.3 is 0 Å². The Balaban J connectivity index is 3.21. The second-order valence-electron chi connectivity index (χ2n) is 2.80. The molecule has 1 heterocycles. The Kier molecular flexibility index (Phi) is 1.98. The van der Waals surface area contributed by atoms with E-state index in [-0.39, 0.29) is 11.6 Å². The van der Waals surface area contributed by atoms with Gasteiger partial charge in [-0.15, -0.1) is 0 Å². The fraction of sp³-hybridized carbons (Fsp3) is 0.375. The highest BCUT2D eigenvalue weighted by atomic mass is 16.1. The number of pyridine rings is 1. The van der Waals surface area contributed by atoms with Crippen molar-refractivity contribution >= 4 is 5.69 Å². The molecule has 3 nitrogen and oxygen atoms in total. The van der Waals surface area contributed by atoms with Gasteiger partial charge in [0.1, 0.15) is 0 Å². The van der Waals surface area contributed by atoms with Crippen LogP contribution in [0.3, 0.4) is 0 Å². The maximum atomic E-state index is 11.2. The summed E-state index contributed by atoms with van der Waals surface area (Å²) in [6, 6.07) is 3.35. The van der Waals surface area contributed by atoms with E-state index in [0.29, 0.717) is 5.69 Å². The van der Waals surface area contributed by atoms with Crippen LogP contribution in [0.25, 0.3) is 0 Å². The first-order valence-corrected chi connectivity index (χ1v) is 3.59. The minimum Gasteiger partial charge on any atom is -0.399 e. The molecule has 0 atom stereocenters. The molecule has 0 aliphatic heterocycles. The number of hydrogen-bond donors (Lipinski definition) is 1. The molecule has 0 radical (unpaired) electrons. The van der Waals surface area contributed by atoms with Crippen LogP contribution in [0.4, 0.5) is 5.69 Å². The smallest absolute Gasteiger partial charge is 0.252 e. The molecule has 1 rings (SSSR count). The Morgan fingerprint density at radius 2 is 2.18 bits per heavy atom. The van der Waals surface area contributed by atoms with Crippen molar-refractivity contribution in [2.75, 3.05) is 5.73 Å². The van der Waals surface area contributed by atoms with Crippen LogP contribution in [-0.4, -0.2) is 4.57 Å². The second-order valence-corrected chi connectivity index (χ2v) is 2.80. The largest absolute Gasteiger partial charge is 0.399 e. The van der Waals surface area contributed by atoms with Gasteiger partial charge in [-0.3, -0.25) is 4.79 Å². The summed E-state index contributed by atoms with van der Waals surface area (Å²) in [7, 11) is 0. The van der Waals surface area contributed by atoms with E-state index < -0.39 is 0 Å². The van der Waals surface area contributed by atoms with Crippen molar-refractivity contribution < 1.29 is 0 Å². The van der Waals surface area contributed by atoms with Gasteiger partial charge in [0.25, 0.3) is 5.56 Å². The number of nitrogens with zero attached hydrogens (tertiary/aromatic N) is 1. The zero-order valence-corrected chi connectivity index (χ0v) is 6.74. The lowest BCUT2D eigenvalue weighted by atomic mass is 10.3. The minimum atomic E-state index is -0.0417. The van der Waals surface area contributed by atoms with Gasteiger partial charge < -0.3 is 10.3 Å². The number of rotatable bonds is 1. The molecular formula is C8H12N2O. The predicted molar refractivity (Wildman–Crippen MR) is 45.5 cm³/mol. The highest BCUT2D eigenvalue weighted by molar-refractivity contribution is 5.34. The maximum absolute atomic E-state index is 11.2. The van der Waals surface area contributed by atoms with Crippen molar-refractivity contribution in [3.8, 4) is 0 Å². The number of hydrogen-bond acceptors (Lipinski definition) is 2. The molecular weight excluding hydrogens is 140 g/mol. The molecule has 0 aromatic carbocycles. The third-order valence-corrected chi connectivity index (χ3v) is 1.53. The molecule has 1 aromatic rings. The molecule has 0 unspecified atom stereocenters. The summed E-state index contributed by atoms with van der Waals surface area (Å²) in [5, 5.41) is 0. The zero-order valence-electron chi connectivity index (χ0n) is 6.74. The van der Waals surface area contributed by atoms with E-state index in [4.69, 9.17) is 5.73 Å². The topological polar surface area (TPSA) is 48.0 Å². The van der Waals surface area contributed by atoms with E-state index in [1.165, 1.54) is 6.07 Å². The highest BCUT2D eigenvalue weighted by Crippen LogP contribution is 2.01. The van der Waals surface area contributed by atoms with Crippen molar-refractivity contribution in [3.63, 3.8) is 0 Å². The molecule has 0 aliphatic rings. The van der Waals surface area contributed by atoms with Crippen molar-refractivity contribution in [1.82, 2.24) is 4.57 Å². The van der Waals surface area contributed by atoms with Gasteiger partial charge in [-0.1, -0.05) is 0 Å². The van der Waals surface area contributed by atoms with E-state index in [9.17, 15) is 4.79 Å². The van der Waals surface area contributed by atoms with Crippen LogP contribution in [-0.2, 0) is 0 Å². The van der Waals surface area contributed by atoms with Gasteiger partial charge in [-0.25, -0.2) is 0 Å².